The number of carbonyl (C=O) groups excluding carboxylic acids is 1. The van der Waals surface area contributed by atoms with Crippen LogP contribution in [0.5, 0.6) is 5.75 Å². The molecule has 156 valence electrons. The molecule has 0 atom stereocenters. The third-order valence-corrected chi connectivity index (χ3v) is 5.58. The van der Waals surface area contributed by atoms with Gasteiger partial charge in [0.2, 0.25) is 5.91 Å². The number of amides is 1. The van der Waals surface area contributed by atoms with Crippen LogP contribution >= 0.6 is 0 Å². The van der Waals surface area contributed by atoms with Gasteiger partial charge in [0.05, 0.1) is 30.6 Å². The van der Waals surface area contributed by atoms with Crippen molar-refractivity contribution < 1.29 is 9.53 Å². The van der Waals surface area contributed by atoms with Crippen LogP contribution in [0.2, 0.25) is 0 Å². The van der Waals surface area contributed by atoms with Gasteiger partial charge in [-0.05, 0) is 43.7 Å². The summed E-state index contributed by atoms with van der Waals surface area (Å²) in [5.74, 6) is 1.78. The van der Waals surface area contributed by atoms with E-state index in [2.05, 4.69) is 16.8 Å². The van der Waals surface area contributed by atoms with Gasteiger partial charge in [-0.15, -0.1) is 0 Å². The third-order valence-electron chi connectivity index (χ3n) is 5.58. The number of anilines is 1. The zero-order valence-corrected chi connectivity index (χ0v) is 17.7. The first kappa shape index (κ1) is 19.9. The summed E-state index contributed by atoms with van der Waals surface area (Å²) in [4.78, 5) is 21.4. The van der Waals surface area contributed by atoms with Crippen LogP contribution in [0.1, 0.15) is 17.0 Å². The number of aryl methyl sites for hydroxylation is 1. The second-order valence-electron chi connectivity index (χ2n) is 7.51. The number of piperazine rings is 1. The molecule has 0 saturated carbocycles. The minimum Gasteiger partial charge on any atom is -0.497 e. The van der Waals surface area contributed by atoms with Gasteiger partial charge in [-0.2, -0.15) is 5.10 Å². The van der Waals surface area contributed by atoms with Crippen LogP contribution in [-0.4, -0.2) is 58.9 Å². The molecule has 7 heteroatoms. The van der Waals surface area contributed by atoms with Crippen LogP contribution in [0.25, 0.3) is 5.82 Å². The summed E-state index contributed by atoms with van der Waals surface area (Å²) in [7, 11) is 1.64. The molecule has 0 aliphatic carbocycles. The minimum atomic E-state index is 0.164. The Morgan fingerprint density at radius 3 is 2.40 bits per heavy atom. The number of pyridine rings is 1. The molecule has 1 aliphatic heterocycles. The Labute approximate surface area is 176 Å². The molecule has 1 aliphatic rings. The molecule has 7 nitrogen and oxygen atoms in total. The highest BCUT2D eigenvalue weighted by Gasteiger charge is 2.25. The molecule has 1 aromatic carbocycles. The Kier molecular flexibility index (Phi) is 5.70. The molecule has 0 radical (unpaired) electrons. The quantitative estimate of drug-likeness (QED) is 0.653. The van der Waals surface area contributed by atoms with Crippen LogP contribution in [-0.2, 0) is 11.2 Å². The molecular formula is C23H27N5O2. The normalized spacial score (nSPS) is 14.1. The standard InChI is InChI=1S/C23H27N5O2/c1-17-23(18(2)28(25-17)21-6-4-5-11-24-21)27-14-12-26(13-15-27)22(29)16-19-7-9-20(30-3)10-8-19/h4-11H,12-16H2,1-3H3. The van der Waals surface area contributed by atoms with E-state index < -0.39 is 0 Å². The second kappa shape index (κ2) is 8.57. The van der Waals surface area contributed by atoms with Crippen LogP contribution in [0.4, 0.5) is 5.69 Å². The number of carbonyl (C=O) groups is 1. The lowest BCUT2D eigenvalue weighted by molar-refractivity contribution is -0.130. The number of hydrogen-bond acceptors (Lipinski definition) is 5. The smallest absolute Gasteiger partial charge is 0.227 e. The van der Waals surface area contributed by atoms with E-state index in [4.69, 9.17) is 9.84 Å². The van der Waals surface area contributed by atoms with E-state index in [1.165, 1.54) is 0 Å². The highest BCUT2D eigenvalue weighted by molar-refractivity contribution is 5.79. The van der Waals surface area contributed by atoms with Gasteiger partial charge < -0.3 is 14.5 Å². The molecule has 0 N–H and O–H groups in total. The number of ether oxygens (including phenoxy) is 1. The molecule has 1 saturated heterocycles. The molecule has 1 fully saturated rings. The van der Waals surface area contributed by atoms with Crippen molar-refractivity contribution in [3.05, 3.63) is 65.6 Å². The van der Waals surface area contributed by atoms with Gasteiger partial charge in [0.25, 0.3) is 0 Å². The van der Waals surface area contributed by atoms with E-state index in [1.54, 1.807) is 13.3 Å². The molecule has 30 heavy (non-hydrogen) atoms. The van der Waals surface area contributed by atoms with Gasteiger partial charge in [-0.1, -0.05) is 18.2 Å². The first-order chi connectivity index (χ1) is 14.6. The fourth-order valence-corrected chi connectivity index (χ4v) is 4.00. The van der Waals surface area contributed by atoms with E-state index in [0.29, 0.717) is 19.5 Å². The van der Waals surface area contributed by atoms with E-state index in [0.717, 1.165) is 47.3 Å². The lowest BCUT2D eigenvalue weighted by atomic mass is 10.1. The predicted octanol–water partition coefficient (Wildman–Crippen LogP) is 2.78. The van der Waals surface area contributed by atoms with Crippen molar-refractivity contribution in [3.63, 3.8) is 0 Å². The van der Waals surface area contributed by atoms with Crippen molar-refractivity contribution in [2.24, 2.45) is 0 Å². The van der Waals surface area contributed by atoms with Crippen molar-refractivity contribution in [1.82, 2.24) is 19.7 Å². The van der Waals surface area contributed by atoms with Crippen LogP contribution in [0.3, 0.4) is 0 Å². The molecule has 0 unspecified atom stereocenters. The molecule has 2 aromatic heterocycles. The van der Waals surface area contributed by atoms with Crippen molar-refractivity contribution in [2.45, 2.75) is 20.3 Å². The molecule has 0 bridgehead atoms. The van der Waals surface area contributed by atoms with E-state index in [1.807, 2.05) is 59.0 Å². The largest absolute Gasteiger partial charge is 0.497 e. The summed E-state index contributed by atoms with van der Waals surface area (Å²) < 4.78 is 7.08. The summed E-state index contributed by atoms with van der Waals surface area (Å²) >= 11 is 0. The zero-order valence-electron chi connectivity index (χ0n) is 17.7. The van der Waals surface area contributed by atoms with Crippen molar-refractivity contribution in [1.29, 1.82) is 0 Å². The average molecular weight is 406 g/mol. The SMILES string of the molecule is COc1ccc(CC(=O)N2CCN(c3c(C)nn(-c4ccccn4)c3C)CC2)cc1. The Balaban J connectivity index is 1.41. The maximum absolute atomic E-state index is 12.7. The molecule has 1 amide bonds. The summed E-state index contributed by atoms with van der Waals surface area (Å²) in [6.07, 6.45) is 2.19. The topological polar surface area (TPSA) is 63.5 Å². The Hall–Kier alpha value is -3.35. The highest BCUT2D eigenvalue weighted by atomic mass is 16.5. The maximum Gasteiger partial charge on any atom is 0.227 e. The Bertz CT molecular complexity index is 1010. The molecule has 0 spiro atoms. The monoisotopic (exact) mass is 405 g/mol. The van der Waals surface area contributed by atoms with E-state index >= 15 is 0 Å². The number of methoxy groups -OCH3 is 1. The lowest BCUT2D eigenvalue weighted by Crippen LogP contribution is -2.49. The summed E-state index contributed by atoms with van der Waals surface area (Å²) in [6.45, 7) is 7.12. The van der Waals surface area contributed by atoms with E-state index in [9.17, 15) is 4.79 Å². The number of nitrogens with zero attached hydrogens (tertiary/aromatic N) is 5. The zero-order chi connectivity index (χ0) is 21.1. The van der Waals surface area contributed by atoms with Gasteiger partial charge in [-0.25, -0.2) is 9.67 Å². The van der Waals surface area contributed by atoms with Crippen molar-refractivity contribution in [2.75, 3.05) is 38.2 Å². The number of aromatic nitrogens is 3. The highest BCUT2D eigenvalue weighted by Crippen LogP contribution is 2.27. The van der Waals surface area contributed by atoms with Crippen molar-refractivity contribution >= 4 is 11.6 Å². The van der Waals surface area contributed by atoms with Gasteiger partial charge in [0.1, 0.15) is 5.75 Å². The lowest BCUT2D eigenvalue weighted by Gasteiger charge is -2.36. The fourth-order valence-electron chi connectivity index (χ4n) is 4.00. The average Bonchev–Trinajstić information content (AvgIpc) is 3.09. The third kappa shape index (κ3) is 4.01. The second-order valence-corrected chi connectivity index (χ2v) is 7.51. The molecular weight excluding hydrogens is 378 g/mol. The summed E-state index contributed by atoms with van der Waals surface area (Å²) in [5, 5.41) is 4.70. The van der Waals surface area contributed by atoms with Crippen molar-refractivity contribution in [3.8, 4) is 11.6 Å². The Morgan fingerprint density at radius 1 is 1.03 bits per heavy atom. The number of benzene rings is 1. The Morgan fingerprint density at radius 2 is 1.77 bits per heavy atom. The summed E-state index contributed by atoms with van der Waals surface area (Å²) in [6, 6.07) is 13.5. The van der Waals surface area contributed by atoms with Crippen LogP contribution in [0, 0.1) is 13.8 Å². The molecule has 4 rings (SSSR count). The van der Waals surface area contributed by atoms with Crippen LogP contribution < -0.4 is 9.64 Å². The molecule has 3 heterocycles. The number of hydrogen-bond donors (Lipinski definition) is 0. The molecule has 3 aromatic rings. The predicted molar refractivity (Wildman–Crippen MR) is 116 cm³/mol. The van der Waals surface area contributed by atoms with Gasteiger partial charge in [0.15, 0.2) is 5.82 Å². The van der Waals surface area contributed by atoms with E-state index in [-0.39, 0.29) is 5.91 Å². The van der Waals surface area contributed by atoms with Gasteiger partial charge >= 0.3 is 0 Å². The first-order valence-electron chi connectivity index (χ1n) is 10.2. The maximum atomic E-state index is 12.7. The van der Waals surface area contributed by atoms with Crippen LogP contribution in [0.15, 0.2) is 48.7 Å². The number of rotatable bonds is 5. The minimum absolute atomic E-state index is 0.164. The fraction of sp³-hybridized carbons (Fsp3) is 0.348. The summed E-state index contributed by atoms with van der Waals surface area (Å²) in [5.41, 5.74) is 4.20. The first-order valence-corrected chi connectivity index (χ1v) is 10.2. The van der Waals surface area contributed by atoms with Gasteiger partial charge in [-0.3, -0.25) is 4.79 Å². The van der Waals surface area contributed by atoms with Gasteiger partial charge in [0, 0.05) is 32.4 Å².